The van der Waals surface area contributed by atoms with E-state index in [1.807, 2.05) is 27.7 Å². The van der Waals surface area contributed by atoms with Crippen LogP contribution >= 0.6 is 0 Å². The van der Waals surface area contributed by atoms with Crippen LogP contribution in [0.2, 0.25) is 0 Å². The molecule has 31 heavy (non-hydrogen) atoms. The number of carbonyl (C=O) groups is 1. The number of anilines is 1. The van der Waals surface area contributed by atoms with Crippen molar-refractivity contribution in [2.24, 2.45) is 0 Å². The molecule has 1 amide bonds. The fourth-order valence-electron chi connectivity index (χ4n) is 3.30. The third-order valence-electron chi connectivity index (χ3n) is 4.98. The van der Waals surface area contributed by atoms with Crippen LogP contribution in [0.5, 0.6) is 0 Å². The van der Waals surface area contributed by atoms with Gasteiger partial charge in [0.25, 0.3) is 5.91 Å². The minimum Gasteiger partial charge on any atom is -0.319 e. The van der Waals surface area contributed by atoms with Crippen molar-refractivity contribution in [1.82, 2.24) is 35.0 Å². The lowest BCUT2D eigenvalue weighted by Crippen LogP contribution is -2.15. The van der Waals surface area contributed by atoms with Gasteiger partial charge in [-0.05, 0) is 61.4 Å². The first-order valence-corrected chi connectivity index (χ1v) is 10.0. The summed E-state index contributed by atoms with van der Waals surface area (Å²) in [6.07, 6.45) is 1.62. The Labute approximate surface area is 178 Å². The quantitative estimate of drug-likeness (QED) is 0.525. The van der Waals surface area contributed by atoms with Crippen LogP contribution in [-0.2, 0) is 0 Å². The molecule has 0 aliphatic rings. The van der Waals surface area contributed by atoms with E-state index < -0.39 is 11.7 Å². The topological polar surface area (TPSA) is 103 Å². The largest absolute Gasteiger partial charge is 0.319 e. The molecule has 3 heterocycles. The van der Waals surface area contributed by atoms with Crippen LogP contribution in [0.4, 0.5) is 10.1 Å². The third-order valence-corrected chi connectivity index (χ3v) is 4.98. The molecular formula is C21H23FN8O. The van der Waals surface area contributed by atoms with Gasteiger partial charge in [0.2, 0.25) is 0 Å². The van der Waals surface area contributed by atoms with Crippen LogP contribution in [-0.4, -0.2) is 40.9 Å². The Morgan fingerprint density at radius 2 is 1.94 bits per heavy atom. The zero-order valence-electron chi connectivity index (χ0n) is 18.0. The van der Waals surface area contributed by atoms with Gasteiger partial charge in [0, 0.05) is 11.7 Å². The summed E-state index contributed by atoms with van der Waals surface area (Å²) < 4.78 is 17.8. The molecule has 0 bridgehead atoms. The van der Waals surface area contributed by atoms with Crippen LogP contribution in [0.3, 0.4) is 0 Å². The van der Waals surface area contributed by atoms with E-state index in [-0.39, 0.29) is 17.6 Å². The van der Waals surface area contributed by atoms with Crippen molar-refractivity contribution in [2.75, 3.05) is 5.32 Å². The number of aromatic nitrogens is 7. The number of rotatable bonds is 5. The summed E-state index contributed by atoms with van der Waals surface area (Å²) in [5.41, 5.74) is 2.35. The van der Waals surface area contributed by atoms with E-state index in [1.54, 1.807) is 29.9 Å². The first-order valence-electron chi connectivity index (χ1n) is 10.0. The molecule has 0 saturated carbocycles. The molecule has 4 rings (SSSR count). The van der Waals surface area contributed by atoms with Crippen LogP contribution in [0.15, 0.2) is 30.5 Å². The van der Waals surface area contributed by atoms with E-state index in [2.05, 4.69) is 25.9 Å². The summed E-state index contributed by atoms with van der Waals surface area (Å²) in [6, 6.07) is 6.13. The van der Waals surface area contributed by atoms with Crippen molar-refractivity contribution >= 4 is 22.6 Å². The highest BCUT2D eigenvalue weighted by atomic mass is 19.1. The lowest BCUT2D eigenvalue weighted by atomic mass is 10.0. The number of halogens is 1. The molecule has 4 aromatic rings. The molecular weight excluding hydrogens is 399 g/mol. The monoisotopic (exact) mass is 422 g/mol. The van der Waals surface area contributed by atoms with E-state index in [4.69, 9.17) is 4.98 Å². The molecule has 0 unspecified atom stereocenters. The zero-order valence-corrected chi connectivity index (χ0v) is 18.0. The van der Waals surface area contributed by atoms with Gasteiger partial charge in [-0.1, -0.05) is 13.8 Å². The molecule has 3 aromatic heterocycles. The molecule has 1 N–H and O–H groups in total. The minimum absolute atomic E-state index is 0.0321. The van der Waals surface area contributed by atoms with Gasteiger partial charge in [0.1, 0.15) is 5.82 Å². The highest BCUT2D eigenvalue weighted by Crippen LogP contribution is 2.26. The first-order chi connectivity index (χ1) is 14.8. The predicted octanol–water partition coefficient (Wildman–Crippen LogP) is 3.81. The van der Waals surface area contributed by atoms with Crippen molar-refractivity contribution in [3.05, 3.63) is 53.4 Å². The lowest BCUT2D eigenvalue weighted by Gasteiger charge is -2.13. The molecule has 0 spiro atoms. The summed E-state index contributed by atoms with van der Waals surface area (Å²) in [5.74, 6) is -0.353. The van der Waals surface area contributed by atoms with Gasteiger partial charge < -0.3 is 5.32 Å². The van der Waals surface area contributed by atoms with Crippen LogP contribution in [0.25, 0.3) is 16.7 Å². The highest BCUT2D eigenvalue weighted by Gasteiger charge is 2.20. The molecule has 0 fully saturated rings. The average Bonchev–Trinajstić information content (AvgIpc) is 3.34. The van der Waals surface area contributed by atoms with Gasteiger partial charge in [-0.25, -0.2) is 14.1 Å². The maximum Gasteiger partial charge on any atom is 0.256 e. The van der Waals surface area contributed by atoms with Crippen LogP contribution in [0, 0.1) is 12.7 Å². The van der Waals surface area contributed by atoms with Gasteiger partial charge in [0.15, 0.2) is 11.5 Å². The van der Waals surface area contributed by atoms with Gasteiger partial charge in [0.05, 0.1) is 28.5 Å². The molecule has 10 heteroatoms. The lowest BCUT2D eigenvalue weighted by molar-refractivity contribution is 0.102. The molecule has 0 aliphatic heterocycles. The minimum atomic E-state index is -0.560. The van der Waals surface area contributed by atoms with E-state index in [0.29, 0.717) is 28.1 Å². The van der Waals surface area contributed by atoms with Gasteiger partial charge in [-0.15, -0.1) is 5.10 Å². The number of pyridine rings is 1. The van der Waals surface area contributed by atoms with Crippen molar-refractivity contribution in [3.8, 4) is 5.69 Å². The molecule has 0 atom stereocenters. The molecule has 9 nitrogen and oxygen atoms in total. The Bertz CT molecular complexity index is 1270. The maximum atomic E-state index is 14.5. The predicted molar refractivity (Wildman–Crippen MR) is 114 cm³/mol. The van der Waals surface area contributed by atoms with E-state index in [1.165, 1.54) is 16.8 Å². The van der Waals surface area contributed by atoms with Crippen LogP contribution in [0.1, 0.15) is 61.5 Å². The summed E-state index contributed by atoms with van der Waals surface area (Å²) in [7, 11) is 0. The number of fused-ring (bicyclic) bond motifs is 1. The Balaban J connectivity index is 1.76. The normalized spacial score (nSPS) is 11.6. The number of nitrogens with one attached hydrogen (secondary N) is 1. The fraction of sp³-hybridized carbons (Fsp3) is 0.333. The summed E-state index contributed by atoms with van der Waals surface area (Å²) in [4.78, 5) is 17.9. The summed E-state index contributed by atoms with van der Waals surface area (Å²) >= 11 is 0. The van der Waals surface area contributed by atoms with Gasteiger partial charge in [-0.2, -0.15) is 9.78 Å². The van der Waals surface area contributed by atoms with E-state index in [9.17, 15) is 9.18 Å². The Morgan fingerprint density at radius 1 is 1.16 bits per heavy atom. The zero-order chi connectivity index (χ0) is 22.3. The SMILES string of the molecule is Cc1nnnn1-c1ccc(F)c(NC(=O)c2cc(C(C)C)nc3c2cnn3C(C)C)c1. The number of benzene rings is 1. The average molecular weight is 422 g/mol. The fourth-order valence-corrected chi connectivity index (χ4v) is 3.30. The third kappa shape index (κ3) is 3.76. The van der Waals surface area contributed by atoms with Gasteiger partial charge >= 0.3 is 0 Å². The number of hydrogen-bond acceptors (Lipinski definition) is 6. The van der Waals surface area contributed by atoms with E-state index >= 15 is 0 Å². The second-order valence-corrected chi connectivity index (χ2v) is 7.93. The van der Waals surface area contributed by atoms with Crippen LogP contribution < -0.4 is 5.32 Å². The number of aryl methyl sites for hydroxylation is 1. The standard InChI is InChI=1S/C21H23FN8O/c1-11(2)18-9-15(16-10-23-29(12(3)4)20(16)24-18)21(31)25-19-8-14(6-7-17(19)22)30-13(5)26-27-28-30/h6-12H,1-5H3,(H,25,31). The van der Waals surface area contributed by atoms with E-state index in [0.717, 1.165) is 5.69 Å². The smallest absolute Gasteiger partial charge is 0.256 e. The van der Waals surface area contributed by atoms with Crippen molar-refractivity contribution in [3.63, 3.8) is 0 Å². The second-order valence-electron chi connectivity index (χ2n) is 7.93. The molecule has 0 radical (unpaired) electrons. The first kappa shape index (κ1) is 20.6. The molecule has 1 aromatic carbocycles. The Morgan fingerprint density at radius 3 is 2.58 bits per heavy atom. The number of amides is 1. The molecule has 0 aliphatic carbocycles. The number of hydrogen-bond donors (Lipinski definition) is 1. The Hall–Kier alpha value is -3.69. The second kappa shape index (κ2) is 7.86. The summed E-state index contributed by atoms with van der Waals surface area (Å²) in [6.45, 7) is 9.73. The van der Waals surface area contributed by atoms with Crippen molar-refractivity contribution < 1.29 is 9.18 Å². The van der Waals surface area contributed by atoms with Gasteiger partial charge in [-0.3, -0.25) is 4.79 Å². The number of nitrogens with zero attached hydrogens (tertiary/aromatic N) is 7. The molecule has 0 saturated heterocycles. The van der Waals surface area contributed by atoms with Crippen molar-refractivity contribution in [2.45, 2.75) is 46.6 Å². The number of tetrazole rings is 1. The maximum absolute atomic E-state index is 14.5. The highest BCUT2D eigenvalue weighted by molar-refractivity contribution is 6.12. The van der Waals surface area contributed by atoms with Crippen molar-refractivity contribution in [1.29, 1.82) is 0 Å². The Kier molecular flexibility index (Phi) is 5.22. The number of carbonyl (C=O) groups excluding carboxylic acids is 1. The molecule has 160 valence electrons. The summed E-state index contributed by atoms with van der Waals surface area (Å²) in [5, 5.41) is 19.0.